The lowest BCUT2D eigenvalue weighted by Gasteiger charge is -2.36. The molecule has 2 aromatic heterocycles. The van der Waals surface area contributed by atoms with Gasteiger partial charge >= 0.3 is 0 Å². The van der Waals surface area contributed by atoms with Gasteiger partial charge in [0, 0.05) is 31.1 Å². The summed E-state index contributed by atoms with van der Waals surface area (Å²) in [7, 11) is 0. The number of hydrogen-bond donors (Lipinski definition) is 0. The fourth-order valence-corrected chi connectivity index (χ4v) is 4.51. The van der Waals surface area contributed by atoms with E-state index >= 15 is 0 Å². The van der Waals surface area contributed by atoms with Crippen LogP contribution in [0.1, 0.15) is 23.3 Å². The number of nitrogens with zero attached hydrogens (tertiary/aromatic N) is 4. The first kappa shape index (κ1) is 15.8. The average molecular weight is 363 g/mol. The molecule has 1 amide bonds. The van der Waals surface area contributed by atoms with Crippen molar-refractivity contribution >= 4 is 34.8 Å². The van der Waals surface area contributed by atoms with Gasteiger partial charge in [-0.1, -0.05) is 11.6 Å². The molecule has 0 N–H and O–H groups in total. The van der Waals surface area contributed by atoms with Crippen LogP contribution >= 0.6 is 22.9 Å². The third-order valence-electron chi connectivity index (χ3n) is 4.78. The average Bonchev–Trinajstić information content (AvgIpc) is 3.09. The Kier molecular flexibility index (Phi) is 4.41. The highest BCUT2D eigenvalue weighted by molar-refractivity contribution is 7.10. The van der Waals surface area contributed by atoms with E-state index < -0.39 is 0 Å². The molecule has 5 nitrogen and oxygen atoms in total. The summed E-state index contributed by atoms with van der Waals surface area (Å²) in [6, 6.07) is 2.15. The van der Waals surface area contributed by atoms with E-state index in [0.717, 1.165) is 38.9 Å². The van der Waals surface area contributed by atoms with E-state index in [1.54, 1.807) is 23.7 Å². The van der Waals surface area contributed by atoms with Gasteiger partial charge in [0.2, 0.25) is 11.9 Å². The van der Waals surface area contributed by atoms with Crippen LogP contribution in [0.3, 0.4) is 0 Å². The van der Waals surface area contributed by atoms with Crippen molar-refractivity contribution < 1.29 is 4.79 Å². The molecule has 0 aliphatic carbocycles. The molecule has 126 valence electrons. The number of thiophene rings is 1. The summed E-state index contributed by atoms with van der Waals surface area (Å²) in [5, 5.41) is 2.65. The van der Waals surface area contributed by atoms with E-state index in [-0.39, 0.29) is 11.8 Å². The lowest BCUT2D eigenvalue weighted by molar-refractivity contribution is -0.136. The Balaban J connectivity index is 1.44. The van der Waals surface area contributed by atoms with Crippen LogP contribution in [-0.4, -0.2) is 40.4 Å². The standard InChI is InChI=1S/C17H19ClN4OS/c18-14-8-19-17(20-9-14)22-5-1-2-13(11-22)16(23)21-6-3-15-12(10-21)4-7-24-15/h4,7-9,13H,1-3,5-6,10-11H2. The molecule has 1 saturated heterocycles. The first-order chi connectivity index (χ1) is 11.7. The Labute approximate surface area is 150 Å². The van der Waals surface area contributed by atoms with E-state index in [1.807, 2.05) is 4.90 Å². The zero-order valence-electron chi connectivity index (χ0n) is 13.3. The SMILES string of the molecule is O=C(C1CCCN(c2ncc(Cl)cn2)C1)N1CCc2sccc2C1. The van der Waals surface area contributed by atoms with Crippen molar-refractivity contribution in [1.82, 2.24) is 14.9 Å². The summed E-state index contributed by atoms with van der Waals surface area (Å²) < 4.78 is 0. The number of rotatable bonds is 2. The summed E-state index contributed by atoms with van der Waals surface area (Å²) in [6.07, 6.45) is 6.13. The number of carbonyl (C=O) groups excluding carboxylic acids is 1. The molecular weight excluding hydrogens is 344 g/mol. The minimum absolute atomic E-state index is 0.0261. The topological polar surface area (TPSA) is 49.3 Å². The summed E-state index contributed by atoms with van der Waals surface area (Å²) in [6.45, 7) is 3.17. The predicted molar refractivity (Wildman–Crippen MR) is 95.4 cm³/mol. The molecule has 1 atom stereocenters. The molecule has 1 fully saturated rings. The van der Waals surface area contributed by atoms with Gasteiger partial charge in [-0.3, -0.25) is 4.79 Å². The van der Waals surface area contributed by atoms with Crippen molar-refractivity contribution in [1.29, 1.82) is 0 Å². The smallest absolute Gasteiger partial charge is 0.227 e. The number of amides is 1. The van der Waals surface area contributed by atoms with Crippen LogP contribution in [0, 0.1) is 5.92 Å². The lowest BCUT2D eigenvalue weighted by atomic mass is 9.95. The van der Waals surface area contributed by atoms with Gasteiger partial charge in [-0.05, 0) is 36.3 Å². The van der Waals surface area contributed by atoms with E-state index in [2.05, 4.69) is 26.3 Å². The predicted octanol–water partition coefficient (Wildman–Crippen LogP) is 2.99. The van der Waals surface area contributed by atoms with Crippen molar-refractivity contribution in [2.45, 2.75) is 25.8 Å². The molecule has 2 aliphatic rings. The molecule has 0 saturated carbocycles. The maximum Gasteiger partial charge on any atom is 0.227 e. The molecule has 0 bridgehead atoms. The molecule has 4 heterocycles. The number of fused-ring (bicyclic) bond motifs is 1. The Morgan fingerprint density at radius 3 is 2.96 bits per heavy atom. The van der Waals surface area contributed by atoms with Crippen molar-refractivity contribution in [3.63, 3.8) is 0 Å². The van der Waals surface area contributed by atoms with E-state index in [1.165, 1.54) is 10.4 Å². The van der Waals surface area contributed by atoms with Crippen LogP contribution in [-0.2, 0) is 17.8 Å². The highest BCUT2D eigenvalue weighted by atomic mass is 35.5. The number of halogens is 1. The minimum atomic E-state index is 0.0261. The van der Waals surface area contributed by atoms with E-state index in [4.69, 9.17) is 11.6 Å². The fourth-order valence-electron chi connectivity index (χ4n) is 3.52. The highest BCUT2D eigenvalue weighted by Gasteiger charge is 2.31. The second-order valence-corrected chi connectivity index (χ2v) is 7.80. The number of carbonyl (C=O) groups is 1. The third-order valence-corrected chi connectivity index (χ3v) is 6.00. The van der Waals surface area contributed by atoms with Gasteiger partial charge in [0.25, 0.3) is 0 Å². The summed E-state index contributed by atoms with van der Waals surface area (Å²) in [4.78, 5) is 27.1. The van der Waals surface area contributed by atoms with Gasteiger partial charge in [-0.15, -0.1) is 11.3 Å². The monoisotopic (exact) mass is 362 g/mol. The minimum Gasteiger partial charge on any atom is -0.340 e. The molecule has 4 rings (SSSR count). The first-order valence-corrected chi connectivity index (χ1v) is 9.53. The fraction of sp³-hybridized carbons (Fsp3) is 0.471. The normalized spacial score (nSPS) is 20.8. The highest BCUT2D eigenvalue weighted by Crippen LogP contribution is 2.27. The second-order valence-electron chi connectivity index (χ2n) is 6.37. The largest absolute Gasteiger partial charge is 0.340 e. The Hall–Kier alpha value is -1.66. The molecule has 1 unspecified atom stereocenters. The van der Waals surface area contributed by atoms with Gasteiger partial charge in [0.05, 0.1) is 23.3 Å². The van der Waals surface area contributed by atoms with Crippen LogP contribution < -0.4 is 4.90 Å². The number of aromatic nitrogens is 2. The Morgan fingerprint density at radius 2 is 2.12 bits per heavy atom. The van der Waals surface area contributed by atoms with Gasteiger partial charge in [0.1, 0.15) is 0 Å². The maximum absolute atomic E-state index is 13.0. The zero-order valence-corrected chi connectivity index (χ0v) is 14.9. The van der Waals surface area contributed by atoms with Crippen LogP contribution in [0.2, 0.25) is 5.02 Å². The molecule has 0 spiro atoms. The van der Waals surface area contributed by atoms with Gasteiger partial charge in [-0.25, -0.2) is 9.97 Å². The van der Waals surface area contributed by atoms with Crippen LogP contribution in [0.5, 0.6) is 0 Å². The quantitative estimate of drug-likeness (QED) is 0.824. The second kappa shape index (κ2) is 6.69. The molecule has 7 heteroatoms. The molecule has 0 aromatic carbocycles. The number of piperidine rings is 1. The van der Waals surface area contributed by atoms with Gasteiger partial charge in [-0.2, -0.15) is 0 Å². The molecule has 0 radical (unpaired) electrons. The molecule has 24 heavy (non-hydrogen) atoms. The first-order valence-electron chi connectivity index (χ1n) is 8.27. The molecule has 2 aromatic rings. The van der Waals surface area contributed by atoms with Crippen molar-refractivity contribution in [2.75, 3.05) is 24.5 Å². The maximum atomic E-state index is 13.0. The van der Waals surface area contributed by atoms with Crippen LogP contribution in [0.15, 0.2) is 23.8 Å². The van der Waals surface area contributed by atoms with Crippen LogP contribution in [0.4, 0.5) is 5.95 Å². The zero-order chi connectivity index (χ0) is 16.5. The number of hydrogen-bond acceptors (Lipinski definition) is 5. The van der Waals surface area contributed by atoms with E-state index in [0.29, 0.717) is 17.5 Å². The van der Waals surface area contributed by atoms with Gasteiger partial charge < -0.3 is 9.80 Å². The Morgan fingerprint density at radius 1 is 1.29 bits per heavy atom. The van der Waals surface area contributed by atoms with Crippen LogP contribution in [0.25, 0.3) is 0 Å². The Bertz CT molecular complexity index is 732. The third kappa shape index (κ3) is 3.13. The lowest BCUT2D eigenvalue weighted by Crippen LogP contribution is -2.46. The molecule has 2 aliphatic heterocycles. The van der Waals surface area contributed by atoms with Crippen molar-refractivity contribution in [3.8, 4) is 0 Å². The molecular formula is C17H19ClN4OS. The summed E-state index contributed by atoms with van der Waals surface area (Å²) in [5.74, 6) is 0.958. The van der Waals surface area contributed by atoms with Crippen molar-refractivity contribution in [3.05, 3.63) is 39.3 Å². The summed E-state index contributed by atoms with van der Waals surface area (Å²) in [5.41, 5.74) is 1.31. The van der Waals surface area contributed by atoms with Crippen molar-refractivity contribution in [2.24, 2.45) is 5.92 Å². The summed E-state index contributed by atoms with van der Waals surface area (Å²) >= 11 is 7.66. The van der Waals surface area contributed by atoms with E-state index in [9.17, 15) is 4.79 Å². The number of anilines is 1. The van der Waals surface area contributed by atoms with Gasteiger partial charge in [0.15, 0.2) is 0 Å².